The van der Waals surface area contributed by atoms with Gasteiger partial charge in [-0.3, -0.25) is 9.59 Å². The van der Waals surface area contributed by atoms with Gasteiger partial charge in [-0.25, -0.2) is 0 Å². The van der Waals surface area contributed by atoms with Gasteiger partial charge in [-0.15, -0.1) is 0 Å². The van der Waals surface area contributed by atoms with Crippen molar-refractivity contribution in [1.82, 2.24) is 0 Å². The van der Waals surface area contributed by atoms with E-state index in [1.54, 1.807) is 27.7 Å². The predicted molar refractivity (Wildman–Crippen MR) is 144 cm³/mol. The van der Waals surface area contributed by atoms with Gasteiger partial charge >= 0.3 is 0 Å². The normalized spacial score (nSPS) is 9.91. The smallest absolute Gasteiger partial charge is 0.159 e. The van der Waals surface area contributed by atoms with Gasteiger partial charge in [-0.2, -0.15) is 0 Å². The van der Waals surface area contributed by atoms with Crippen LogP contribution in [0.3, 0.4) is 0 Å². The molecule has 4 nitrogen and oxygen atoms in total. The molecule has 0 unspecified atom stereocenters. The molecule has 0 aliphatic heterocycles. The minimum Gasteiger partial charge on any atom is -0.300 e. The number of ketones is 4. The van der Waals surface area contributed by atoms with Gasteiger partial charge in [0.25, 0.3) is 0 Å². The number of fused-ring (bicyclic) bond motifs is 1. The minimum atomic E-state index is 0.125. The molecular formula is C31H38O4. The van der Waals surface area contributed by atoms with Gasteiger partial charge in [0.05, 0.1) is 0 Å². The zero-order valence-electron chi connectivity index (χ0n) is 22.2. The van der Waals surface area contributed by atoms with Crippen molar-refractivity contribution in [2.24, 2.45) is 0 Å². The zero-order chi connectivity index (χ0) is 26.5. The molecule has 0 N–H and O–H groups in total. The average molecular weight is 475 g/mol. The summed E-state index contributed by atoms with van der Waals surface area (Å²) in [4.78, 5) is 42.6. The Morgan fingerprint density at radius 2 is 1.14 bits per heavy atom. The van der Waals surface area contributed by atoms with E-state index in [1.165, 1.54) is 27.5 Å². The standard InChI is InChI=1S/C15H16O.C9H10O.C7H12O2/c1-10-4-5-13-6-11(2)7-14(9-12(3)16)15(13)8-10;1-7-3-5-9(6-4-7)8(2)10;1-6(8)4-3-5-7(2)9/h4-8H,9H2,1-3H3;3-6H,1-2H3;3-5H2,1-2H3. The highest BCUT2D eigenvalue weighted by Crippen LogP contribution is 2.23. The lowest BCUT2D eigenvalue weighted by molar-refractivity contribution is -0.118. The molecule has 3 rings (SSSR count). The Morgan fingerprint density at radius 3 is 1.63 bits per heavy atom. The minimum absolute atomic E-state index is 0.125. The van der Waals surface area contributed by atoms with Crippen LogP contribution in [0.1, 0.15) is 79.6 Å². The summed E-state index contributed by atoms with van der Waals surface area (Å²) in [5, 5.41) is 2.43. The third-order valence-electron chi connectivity index (χ3n) is 5.29. The summed E-state index contributed by atoms with van der Waals surface area (Å²) in [6.07, 6.45) is 2.32. The van der Waals surface area contributed by atoms with Crippen LogP contribution < -0.4 is 0 Å². The lowest BCUT2D eigenvalue weighted by atomic mass is 9.97. The summed E-state index contributed by atoms with van der Waals surface area (Å²) in [6.45, 7) is 12.5. The van der Waals surface area contributed by atoms with Crippen LogP contribution in [0.5, 0.6) is 0 Å². The molecule has 4 heteroatoms. The number of benzene rings is 3. The highest BCUT2D eigenvalue weighted by atomic mass is 16.1. The van der Waals surface area contributed by atoms with E-state index in [0.29, 0.717) is 25.7 Å². The van der Waals surface area contributed by atoms with Gasteiger partial charge in [0.15, 0.2) is 5.78 Å². The first-order valence-corrected chi connectivity index (χ1v) is 11.9. The number of hydrogen-bond acceptors (Lipinski definition) is 4. The van der Waals surface area contributed by atoms with E-state index in [0.717, 1.165) is 11.1 Å². The first-order chi connectivity index (χ1) is 16.4. The quantitative estimate of drug-likeness (QED) is 0.342. The Labute approximate surface area is 209 Å². The largest absolute Gasteiger partial charge is 0.300 e. The molecule has 0 aliphatic carbocycles. The van der Waals surface area contributed by atoms with Crippen LogP contribution in [0, 0.1) is 20.8 Å². The van der Waals surface area contributed by atoms with Crippen LogP contribution in [0.15, 0.2) is 54.6 Å². The number of carbonyl (C=O) groups excluding carboxylic acids is 4. The first-order valence-electron chi connectivity index (χ1n) is 11.9. The summed E-state index contributed by atoms with van der Waals surface area (Å²) in [6, 6.07) is 18.2. The van der Waals surface area contributed by atoms with E-state index in [2.05, 4.69) is 44.2 Å². The second kappa shape index (κ2) is 14.8. The molecule has 0 saturated carbocycles. The van der Waals surface area contributed by atoms with Gasteiger partial charge < -0.3 is 9.59 Å². The fourth-order valence-corrected chi connectivity index (χ4v) is 3.50. The summed E-state index contributed by atoms with van der Waals surface area (Å²) in [5.74, 6) is 0.668. The second-order valence-electron chi connectivity index (χ2n) is 9.21. The van der Waals surface area contributed by atoms with Crippen molar-refractivity contribution < 1.29 is 19.2 Å². The zero-order valence-corrected chi connectivity index (χ0v) is 22.2. The second-order valence-corrected chi connectivity index (χ2v) is 9.21. The Balaban J connectivity index is 0.000000280. The fourth-order valence-electron chi connectivity index (χ4n) is 3.50. The molecule has 0 aromatic heterocycles. The number of aryl methyl sites for hydroxylation is 3. The Hall–Kier alpha value is -3.40. The highest BCUT2D eigenvalue weighted by molar-refractivity contribution is 5.94. The number of carbonyl (C=O) groups is 4. The van der Waals surface area contributed by atoms with Crippen LogP contribution in [0.4, 0.5) is 0 Å². The van der Waals surface area contributed by atoms with E-state index in [4.69, 9.17) is 0 Å². The van der Waals surface area contributed by atoms with E-state index in [9.17, 15) is 19.2 Å². The van der Waals surface area contributed by atoms with E-state index >= 15 is 0 Å². The lowest BCUT2D eigenvalue weighted by Gasteiger charge is -2.08. The van der Waals surface area contributed by atoms with Crippen molar-refractivity contribution in [3.05, 3.63) is 82.4 Å². The number of hydrogen-bond donors (Lipinski definition) is 0. The Bertz CT molecular complexity index is 1160. The molecule has 0 fully saturated rings. The fraction of sp³-hybridized carbons (Fsp3) is 0.355. The Kier molecular flexibility index (Phi) is 12.5. The molecule has 0 bridgehead atoms. The van der Waals surface area contributed by atoms with Gasteiger partial charge in [-0.05, 0) is 71.2 Å². The van der Waals surface area contributed by atoms with Crippen molar-refractivity contribution in [3.8, 4) is 0 Å². The van der Waals surface area contributed by atoms with Crippen molar-refractivity contribution >= 4 is 33.9 Å². The number of rotatable bonds is 7. The van der Waals surface area contributed by atoms with Crippen LogP contribution in [-0.4, -0.2) is 23.1 Å². The Morgan fingerprint density at radius 1 is 0.600 bits per heavy atom. The summed E-state index contributed by atoms with van der Waals surface area (Å²) < 4.78 is 0. The average Bonchev–Trinajstić information content (AvgIpc) is 2.74. The molecule has 0 amide bonds. The maximum atomic E-state index is 11.3. The van der Waals surface area contributed by atoms with Gasteiger partial charge in [0.2, 0.25) is 0 Å². The van der Waals surface area contributed by atoms with Crippen LogP contribution in [0.2, 0.25) is 0 Å². The summed E-state index contributed by atoms with van der Waals surface area (Å²) in [5.41, 5.74) is 5.57. The first kappa shape index (κ1) is 29.6. The van der Waals surface area contributed by atoms with Crippen molar-refractivity contribution in [1.29, 1.82) is 0 Å². The van der Waals surface area contributed by atoms with E-state index in [1.807, 2.05) is 31.2 Å². The predicted octanol–water partition coefficient (Wildman–Crippen LogP) is 7.12. The topological polar surface area (TPSA) is 68.3 Å². The third kappa shape index (κ3) is 12.0. The molecule has 3 aromatic rings. The molecule has 0 saturated heterocycles. The van der Waals surface area contributed by atoms with Gasteiger partial charge in [0, 0.05) is 24.8 Å². The molecule has 186 valence electrons. The monoisotopic (exact) mass is 474 g/mol. The molecule has 0 atom stereocenters. The number of Topliss-reactive ketones (excluding diaryl/α,β-unsaturated/α-hetero) is 4. The molecule has 0 aliphatic rings. The van der Waals surface area contributed by atoms with Crippen LogP contribution in [-0.2, 0) is 20.8 Å². The maximum Gasteiger partial charge on any atom is 0.159 e. The van der Waals surface area contributed by atoms with Crippen LogP contribution >= 0.6 is 0 Å². The van der Waals surface area contributed by atoms with Gasteiger partial charge in [-0.1, -0.05) is 71.3 Å². The third-order valence-corrected chi connectivity index (χ3v) is 5.29. The lowest BCUT2D eigenvalue weighted by Crippen LogP contribution is -1.98. The van der Waals surface area contributed by atoms with Gasteiger partial charge in [0.1, 0.15) is 17.3 Å². The summed E-state index contributed by atoms with van der Waals surface area (Å²) in [7, 11) is 0. The van der Waals surface area contributed by atoms with E-state index < -0.39 is 0 Å². The van der Waals surface area contributed by atoms with E-state index in [-0.39, 0.29) is 23.1 Å². The SMILES string of the molecule is CC(=O)CCCC(C)=O.CC(=O)Cc1cc(C)cc2ccc(C)cc12.CC(=O)c1ccc(C)cc1. The van der Waals surface area contributed by atoms with Crippen LogP contribution in [0.25, 0.3) is 10.8 Å². The highest BCUT2D eigenvalue weighted by Gasteiger charge is 2.05. The molecule has 0 radical (unpaired) electrons. The van der Waals surface area contributed by atoms with Crippen molar-refractivity contribution in [2.45, 2.75) is 74.1 Å². The summed E-state index contributed by atoms with van der Waals surface area (Å²) >= 11 is 0. The molecule has 0 spiro atoms. The molecule has 35 heavy (non-hydrogen) atoms. The maximum absolute atomic E-state index is 11.3. The van der Waals surface area contributed by atoms with Crippen molar-refractivity contribution in [2.75, 3.05) is 0 Å². The molecule has 0 heterocycles. The van der Waals surface area contributed by atoms with Crippen molar-refractivity contribution in [3.63, 3.8) is 0 Å². The molecular weight excluding hydrogens is 436 g/mol. The molecule has 3 aromatic carbocycles.